The maximum absolute atomic E-state index is 13.0. The van der Waals surface area contributed by atoms with Crippen molar-refractivity contribution in [3.8, 4) is 6.07 Å². The highest BCUT2D eigenvalue weighted by atomic mass is 32.2. The van der Waals surface area contributed by atoms with Crippen molar-refractivity contribution in [3.63, 3.8) is 0 Å². The zero-order valence-electron chi connectivity index (χ0n) is 9.43. The Morgan fingerprint density at radius 1 is 1.39 bits per heavy atom. The number of benzene rings is 1. The maximum Gasteiger partial charge on any atom is 0.124 e. The molecule has 0 aliphatic heterocycles. The van der Waals surface area contributed by atoms with E-state index in [1.165, 1.54) is 23.9 Å². The quantitative estimate of drug-likeness (QED) is 0.861. The van der Waals surface area contributed by atoms with E-state index in [1.807, 2.05) is 6.07 Å². The summed E-state index contributed by atoms with van der Waals surface area (Å²) in [6.45, 7) is 0. The molecule has 0 aliphatic carbocycles. The summed E-state index contributed by atoms with van der Waals surface area (Å²) in [5.41, 5.74) is 7.49. The number of nitrogens with two attached hydrogens (primary N) is 1. The van der Waals surface area contributed by atoms with E-state index in [1.54, 1.807) is 24.4 Å². The molecule has 0 radical (unpaired) electrons. The predicted octanol–water partition coefficient (Wildman–Crippen LogP) is 2.97. The lowest BCUT2D eigenvalue weighted by Crippen LogP contribution is -1.93. The molecular formula is C13H10FN3S. The van der Waals surface area contributed by atoms with Crippen molar-refractivity contribution < 1.29 is 4.39 Å². The molecule has 0 unspecified atom stereocenters. The molecular weight excluding hydrogens is 249 g/mol. The van der Waals surface area contributed by atoms with Gasteiger partial charge in [-0.25, -0.2) is 9.37 Å². The molecule has 0 fully saturated rings. The Balaban J connectivity index is 2.16. The van der Waals surface area contributed by atoms with Crippen LogP contribution in [0.15, 0.2) is 41.6 Å². The number of pyridine rings is 1. The van der Waals surface area contributed by atoms with Gasteiger partial charge in [0, 0.05) is 11.9 Å². The van der Waals surface area contributed by atoms with Crippen molar-refractivity contribution in [1.82, 2.24) is 4.98 Å². The van der Waals surface area contributed by atoms with Crippen molar-refractivity contribution in [2.75, 3.05) is 5.73 Å². The average molecular weight is 259 g/mol. The molecule has 0 spiro atoms. The molecule has 0 amide bonds. The number of nitrogens with zero attached hydrogens (tertiary/aromatic N) is 2. The maximum atomic E-state index is 13.0. The van der Waals surface area contributed by atoms with Gasteiger partial charge in [0.2, 0.25) is 0 Å². The number of nitriles is 1. The van der Waals surface area contributed by atoms with Gasteiger partial charge in [0.05, 0.1) is 17.3 Å². The van der Waals surface area contributed by atoms with Crippen LogP contribution in [0.25, 0.3) is 0 Å². The van der Waals surface area contributed by atoms with Crippen LogP contribution in [0, 0.1) is 17.1 Å². The van der Waals surface area contributed by atoms with E-state index in [0.29, 0.717) is 22.0 Å². The molecule has 5 heteroatoms. The Morgan fingerprint density at radius 3 is 2.94 bits per heavy atom. The molecule has 3 nitrogen and oxygen atoms in total. The fourth-order valence-electron chi connectivity index (χ4n) is 1.45. The Morgan fingerprint density at radius 2 is 2.22 bits per heavy atom. The lowest BCUT2D eigenvalue weighted by atomic mass is 10.1. The minimum absolute atomic E-state index is 0.344. The molecule has 2 N–H and O–H groups in total. The van der Waals surface area contributed by atoms with E-state index in [-0.39, 0.29) is 0 Å². The van der Waals surface area contributed by atoms with Crippen LogP contribution in [0.4, 0.5) is 10.1 Å². The number of hydrogen-bond acceptors (Lipinski definition) is 4. The number of hydrogen-bond donors (Lipinski definition) is 1. The van der Waals surface area contributed by atoms with E-state index in [0.717, 1.165) is 5.56 Å². The zero-order valence-corrected chi connectivity index (χ0v) is 10.2. The fraction of sp³-hybridized carbons (Fsp3) is 0.0769. The van der Waals surface area contributed by atoms with Crippen LogP contribution in [0.5, 0.6) is 0 Å². The largest absolute Gasteiger partial charge is 0.397 e. The van der Waals surface area contributed by atoms with Gasteiger partial charge in [-0.15, -0.1) is 0 Å². The number of thioether (sulfide) groups is 1. The van der Waals surface area contributed by atoms with E-state index in [2.05, 4.69) is 4.98 Å². The van der Waals surface area contributed by atoms with E-state index >= 15 is 0 Å². The standard InChI is InChI=1S/C13H10FN3S/c14-11-4-3-9(10(6-11)7-15)8-18-13-12(16)2-1-5-17-13/h1-6H,8,16H2. The third kappa shape index (κ3) is 2.79. The molecule has 1 heterocycles. The summed E-state index contributed by atoms with van der Waals surface area (Å²) in [7, 11) is 0. The van der Waals surface area contributed by atoms with E-state index in [4.69, 9.17) is 11.0 Å². The van der Waals surface area contributed by atoms with Crippen molar-refractivity contribution in [3.05, 3.63) is 53.5 Å². The van der Waals surface area contributed by atoms with Crippen molar-refractivity contribution >= 4 is 17.4 Å². The van der Waals surface area contributed by atoms with Crippen LogP contribution in [0.1, 0.15) is 11.1 Å². The molecule has 0 saturated heterocycles. The Bertz CT molecular complexity index is 607. The first kappa shape index (κ1) is 12.4. The van der Waals surface area contributed by atoms with Crippen LogP contribution in [-0.4, -0.2) is 4.98 Å². The molecule has 1 aromatic carbocycles. The van der Waals surface area contributed by atoms with Crippen molar-refractivity contribution in [2.45, 2.75) is 10.8 Å². The molecule has 18 heavy (non-hydrogen) atoms. The van der Waals surface area contributed by atoms with Crippen LogP contribution < -0.4 is 5.73 Å². The Labute approximate surface area is 108 Å². The molecule has 90 valence electrons. The van der Waals surface area contributed by atoms with Gasteiger partial charge < -0.3 is 5.73 Å². The number of aromatic nitrogens is 1. The topological polar surface area (TPSA) is 62.7 Å². The lowest BCUT2D eigenvalue weighted by molar-refractivity contribution is 0.627. The number of halogens is 1. The number of anilines is 1. The second-order valence-electron chi connectivity index (χ2n) is 3.60. The van der Waals surface area contributed by atoms with Crippen molar-refractivity contribution in [1.29, 1.82) is 5.26 Å². The smallest absolute Gasteiger partial charge is 0.124 e. The van der Waals surface area contributed by atoms with Gasteiger partial charge in [0.1, 0.15) is 10.8 Å². The average Bonchev–Trinajstić information content (AvgIpc) is 2.39. The molecule has 0 atom stereocenters. The molecule has 0 bridgehead atoms. The van der Waals surface area contributed by atoms with Gasteiger partial charge >= 0.3 is 0 Å². The first-order chi connectivity index (χ1) is 8.70. The summed E-state index contributed by atoms with van der Waals surface area (Å²) in [5, 5.41) is 9.64. The molecule has 1 aromatic heterocycles. The lowest BCUT2D eigenvalue weighted by Gasteiger charge is -2.05. The second kappa shape index (κ2) is 5.52. The van der Waals surface area contributed by atoms with Gasteiger partial charge in [-0.3, -0.25) is 0 Å². The van der Waals surface area contributed by atoms with Crippen LogP contribution >= 0.6 is 11.8 Å². The number of nitrogen functional groups attached to an aromatic ring is 1. The van der Waals surface area contributed by atoms with Gasteiger partial charge in [0.15, 0.2) is 0 Å². The Hall–Kier alpha value is -2.06. The highest BCUT2D eigenvalue weighted by molar-refractivity contribution is 7.98. The predicted molar refractivity (Wildman–Crippen MR) is 69.3 cm³/mol. The summed E-state index contributed by atoms with van der Waals surface area (Å²) in [6.07, 6.45) is 1.66. The van der Waals surface area contributed by atoms with Crippen LogP contribution in [0.2, 0.25) is 0 Å². The SMILES string of the molecule is N#Cc1cc(F)ccc1CSc1ncccc1N. The van der Waals surface area contributed by atoms with E-state index < -0.39 is 5.82 Å². The summed E-state index contributed by atoms with van der Waals surface area (Å²) in [6, 6.07) is 9.70. The highest BCUT2D eigenvalue weighted by Gasteiger charge is 2.06. The molecule has 2 rings (SSSR count). The molecule has 0 saturated carbocycles. The van der Waals surface area contributed by atoms with Gasteiger partial charge in [0.25, 0.3) is 0 Å². The number of rotatable bonds is 3. The van der Waals surface area contributed by atoms with Gasteiger partial charge in [-0.1, -0.05) is 17.8 Å². The summed E-state index contributed by atoms with van der Waals surface area (Å²) < 4.78 is 13.0. The first-order valence-corrected chi connectivity index (χ1v) is 6.21. The van der Waals surface area contributed by atoms with Crippen LogP contribution in [0.3, 0.4) is 0 Å². The minimum Gasteiger partial charge on any atom is -0.397 e. The summed E-state index contributed by atoms with van der Waals surface area (Å²) >= 11 is 1.43. The summed E-state index contributed by atoms with van der Waals surface area (Å²) in [5.74, 6) is 0.127. The van der Waals surface area contributed by atoms with Crippen molar-refractivity contribution in [2.24, 2.45) is 0 Å². The van der Waals surface area contributed by atoms with Gasteiger partial charge in [-0.05, 0) is 29.8 Å². The summed E-state index contributed by atoms with van der Waals surface area (Å²) in [4.78, 5) is 4.15. The minimum atomic E-state index is -0.405. The van der Waals surface area contributed by atoms with E-state index in [9.17, 15) is 4.39 Å². The third-order valence-electron chi connectivity index (χ3n) is 2.36. The highest BCUT2D eigenvalue weighted by Crippen LogP contribution is 2.26. The monoisotopic (exact) mass is 259 g/mol. The normalized spacial score (nSPS) is 10.0. The molecule has 0 aliphatic rings. The fourth-order valence-corrected chi connectivity index (χ4v) is 2.36. The third-order valence-corrected chi connectivity index (χ3v) is 3.43. The zero-order chi connectivity index (χ0) is 13.0. The van der Waals surface area contributed by atoms with Crippen LogP contribution in [-0.2, 0) is 5.75 Å². The first-order valence-electron chi connectivity index (χ1n) is 5.22. The Kier molecular flexibility index (Phi) is 3.80. The van der Waals surface area contributed by atoms with Gasteiger partial charge in [-0.2, -0.15) is 5.26 Å². The second-order valence-corrected chi connectivity index (χ2v) is 4.56. The molecule has 2 aromatic rings.